The van der Waals surface area contributed by atoms with Gasteiger partial charge in [0.2, 0.25) is 0 Å². The maximum Gasteiger partial charge on any atom is 0.344 e. The van der Waals surface area contributed by atoms with Crippen LogP contribution in [0, 0.1) is 22.7 Å². The fourth-order valence-corrected chi connectivity index (χ4v) is 1.35. The van der Waals surface area contributed by atoms with Gasteiger partial charge in [-0.1, -0.05) is 18.2 Å². The van der Waals surface area contributed by atoms with Crippen molar-refractivity contribution in [2.75, 3.05) is 13.2 Å². The van der Waals surface area contributed by atoms with Crippen LogP contribution in [-0.4, -0.2) is 30.7 Å². The van der Waals surface area contributed by atoms with Gasteiger partial charge in [0.05, 0.1) is 6.07 Å². The number of rotatable bonds is 7. The van der Waals surface area contributed by atoms with Crippen LogP contribution >= 0.6 is 0 Å². The van der Waals surface area contributed by atoms with Crippen LogP contribution < -0.4 is 4.74 Å². The second-order valence-electron chi connectivity index (χ2n) is 3.97. The summed E-state index contributed by atoms with van der Waals surface area (Å²) in [7, 11) is 0. The first-order chi connectivity index (χ1) is 9.54. The largest absolute Gasteiger partial charge is 0.482 e. The zero-order chi connectivity index (χ0) is 15.0. The van der Waals surface area contributed by atoms with Gasteiger partial charge in [0.15, 0.2) is 19.0 Å². The Balaban J connectivity index is 2.35. The van der Waals surface area contributed by atoms with Crippen molar-refractivity contribution < 1.29 is 19.1 Å². The Labute approximate surface area is 116 Å². The molecular formula is C14H14N2O4. The number of hydrogen-bond donors (Lipinski definition) is 1. The van der Waals surface area contributed by atoms with E-state index in [2.05, 4.69) is 0 Å². The first-order valence-corrected chi connectivity index (χ1v) is 5.85. The molecule has 0 fully saturated rings. The van der Waals surface area contributed by atoms with E-state index in [-0.39, 0.29) is 12.3 Å². The third kappa shape index (κ3) is 4.90. The number of nitrogens with zero attached hydrogens (tertiary/aromatic N) is 1. The van der Waals surface area contributed by atoms with Gasteiger partial charge in [0, 0.05) is 5.71 Å². The third-order valence-corrected chi connectivity index (χ3v) is 2.36. The predicted octanol–water partition coefficient (Wildman–Crippen LogP) is 1.36. The summed E-state index contributed by atoms with van der Waals surface area (Å²) in [5.41, 5.74) is -0.0749. The SMILES string of the molecule is CC(=N)C(C#N)C(=O)COC(=O)COc1ccccc1. The van der Waals surface area contributed by atoms with Crippen LogP contribution in [0.4, 0.5) is 0 Å². The monoisotopic (exact) mass is 274 g/mol. The molecule has 0 saturated heterocycles. The summed E-state index contributed by atoms with van der Waals surface area (Å²) >= 11 is 0. The second-order valence-corrected chi connectivity index (χ2v) is 3.97. The summed E-state index contributed by atoms with van der Waals surface area (Å²) in [6.07, 6.45) is 0. The average molecular weight is 274 g/mol. The van der Waals surface area contributed by atoms with Crippen molar-refractivity contribution >= 4 is 17.5 Å². The van der Waals surface area contributed by atoms with Crippen LogP contribution in [0.25, 0.3) is 0 Å². The lowest BCUT2D eigenvalue weighted by molar-refractivity contribution is -0.150. The Kier molecular flexibility index (Phi) is 5.91. The number of ketones is 1. The highest BCUT2D eigenvalue weighted by Gasteiger charge is 2.21. The molecule has 1 aromatic rings. The Morgan fingerprint density at radius 2 is 1.95 bits per heavy atom. The Morgan fingerprint density at radius 1 is 1.30 bits per heavy atom. The van der Waals surface area contributed by atoms with E-state index in [1.54, 1.807) is 30.3 Å². The molecule has 1 unspecified atom stereocenters. The highest BCUT2D eigenvalue weighted by atomic mass is 16.6. The number of Topliss-reactive ketones (excluding diaryl/α,β-unsaturated/α-hetero) is 1. The van der Waals surface area contributed by atoms with Crippen molar-refractivity contribution in [3.05, 3.63) is 30.3 Å². The Morgan fingerprint density at radius 3 is 2.50 bits per heavy atom. The molecule has 6 heteroatoms. The normalized spacial score (nSPS) is 11.0. The maximum absolute atomic E-state index is 11.5. The molecule has 0 bridgehead atoms. The van der Waals surface area contributed by atoms with Gasteiger partial charge in [-0.3, -0.25) is 4.79 Å². The van der Waals surface area contributed by atoms with Crippen molar-refractivity contribution in [3.8, 4) is 11.8 Å². The van der Waals surface area contributed by atoms with Crippen LogP contribution in [-0.2, 0) is 14.3 Å². The lowest BCUT2D eigenvalue weighted by Crippen LogP contribution is -2.27. The molecule has 6 nitrogen and oxygen atoms in total. The van der Waals surface area contributed by atoms with Gasteiger partial charge in [0.1, 0.15) is 11.7 Å². The van der Waals surface area contributed by atoms with Gasteiger partial charge in [-0.2, -0.15) is 5.26 Å². The quantitative estimate of drug-likeness (QED) is 0.597. The standard InChI is InChI=1S/C14H14N2O4/c1-10(16)12(7-15)13(17)8-20-14(18)9-19-11-5-3-2-4-6-11/h2-6,12,16H,8-9H2,1H3. The van der Waals surface area contributed by atoms with E-state index in [1.807, 2.05) is 6.07 Å². The molecule has 1 atom stereocenters. The average Bonchev–Trinajstić information content (AvgIpc) is 2.44. The number of nitrogens with one attached hydrogen (secondary N) is 1. The molecule has 0 saturated carbocycles. The van der Waals surface area contributed by atoms with Crippen molar-refractivity contribution in [1.82, 2.24) is 0 Å². The van der Waals surface area contributed by atoms with Gasteiger partial charge in [-0.05, 0) is 19.1 Å². The molecule has 0 amide bonds. The Hall–Kier alpha value is -2.68. The number of ether oxygens (including phenoxy) is 2. The number of hydrogen-bond acceptors (Lipinski definition) is 6. The first-order valence-electron chi connectivity index (χ1n) is 5.85. The fourth-order valence-electron chi connectivity index (χ4n) is 1.35. The summed E-state index contributed by atoms with van der Waals surface area (Å²) in [5.74, 6) is -1.98. The van der Waals surface area contributed by atoms with E-state index < -0.39 is 24.3 Å². The zero-order valence-corrected chi connectivity index (χ0v) is 11.0. The van der Waals surface area contributed by atoms with Crippen molar-refractivity contribution in [2.24, 2.45) is 5.92 Å². The molecule has 104 valence electrons. The minimum Gasteiger partial charge on any atom is -0.482 e. The van der Waals surface area contributed by atoms with Gasteiger partial charge in [0.25, 0.3) is 0 Å². The summed E-state index contributed by atoms with van der Waals surface area (Å²) in [6, 6.07) is 10.4. The van der Waals surface area contributed by atoms with E-state index in [1.165, 1.54) is 6.92 Å². The van der Waals surface area contributed by atoms with Crippen LogP contribution in [0.15, 0.2) is 30.3 Å². The number of nitriles is 1. The van der Waals surface area contributed by atoms with Gasteiger partial charge >= 0.3 is 5.97 Å². The molecule has 20 heavy (non-hydrogen) atoms. The number of carbonyl (C=O) groups is 2. The molecule has 0 aliphatic heterocycles. The van der Waals surface area contributed by atoms with Crippen molar-refractivity contribution in [3.63, 3.8) is 0 Å². The molecule has 0 radical (unpaired) electrons. The Bertz CT molecular complexity index is 534. The van der Waals surface area contributed by atoms with Crippen molar-refractivity contribution in [1.29, 1.82) is 10.7 Å². The number of para-hydroxylation sites is 1. The molecular weight excluding hydrogens is 260 g/mol. The minimum atomic E-state index is -1.17. The van der Waals surface area contributed by atoms with Gasteiger partial charge in [-0.15, -0.1) is 0 Å². The molecule has 0 aromatic heterocycles. The highest BCUT2D eigenvalue weighted by Crippen LogP contribution is 2.08. The lowest BCUT2D eigenvalue weighted by Gasteiger charge is -2.08. The molecule has 0 aliphatic carbocycles. The van der Waals surface area contributed by atoms with E-state index in [0.29, 0.717) is 5.75 Å². The smallest absolute Gasteiger partial charge is 0.344 e. The minimum absolute atomic E-state index is 0.0749. The van der Waals surface area contributed by atoms with Crippen LogP contribution in [0.1, 0.15) is 6.92 Å². The predicted molar refractivity (Wildman–Crippen MR) is 70.4 cm³/mol. The molecule has 1 aromatic carbocycles. The number of esters is 1. The van der Waals surface area contributed by atoms with Crippen LogP contribution in [0.5, 0.6) is 5.75 Å². The molecule has 0 aliphatic rings. The van der Waals surface area contributed by atoms with Gasteiger partial charge < -0.3 is 14.9 Å². The molecule has 1 N–H and O–H groups in total. The lowest BCUT2D eigenvalue weighted by atomic mass is 10.0. The highest BCUT2D eigenvalue weighted by molar-refractivity contribution is 6.06. The molecule has 0 heterocycles. The molecule has 0 spiro atoms. The summed E-state index contributed by atoms with van der Waals surface area (Å²) in [4.78, 5) is 22.9. The summed E-state index contributed by atoms with van der Waals surface area (Å²) < 4.78 is 9.84. The van der Waals surface area contributed by atoms with Gasteiger partial charge in [-0.25, -0.2) is 4.79 Å². The van der Waals surface area contributed by atoms with Crippen LogP contribution in [0.2, 0.25) is 0 Å². The number of carbonyl (C=O) groups excluding carboxylic acids is 2. The zero-order valence-electron chi connectivity index (χ0n) is 11.0. The van der Waals surface area contributed by atoms with E-state index in [4.69, 9.17) is 20.1 Å². The summed E-state index contributed by atoms with van der Waals surface area (Å²) in [6.45, 7) is 0.496. The van der Waals surface area contributed by atoms with Crippen LogP contribution in [0.3, 0.4) is 0 Å². The van der Waals surface area contributed by atoms with E-state index in [9.17, 15) is 9.59 Å². The van der Waals surface area contributed by atoms with E-state index >= 15 is 0 Å². The first kappa shape index (κ1) is 15.4. The second kappa shape index (κ2) is 7.69. The summed E-state index contributed by atoms with van der Waals surface area (Å²) in [5, 5.41) is 16.0. The number of benzene rings is 1. The van der Waals surface area contributed by atoms with Crippen molar-refractivity contribution in [2.45, 2.75) is 6.92 Å². The van der Waals surface area contributed by atoms with E-state index in [0.717, 1.165) is 0 Å². The molecule has 1 rings (SSSR count). The maximum atomic E-state index is 11.5. The topological polar surface area (TPSA) is 100 Å². The third-order valence-electron chi connectivity index (χ3n) is 2.36. The fraction of sp³-hybridized carbons (Fsp3) is 0.286.